The van der Waals surface area contributed by atoms with Gasteiger partial charge in [0.15, 0.2) is 5.82 Å². The number of halogens is 2. The smallest absolute Gasteiger partial charge is 0.257 e. The van der Waals surface area contributed by atoms with Crippen LogP contribution in [0.5, 0.6) is 0 Å². The lowest BCUT2D eigenvalue weighted by atomic mass is 10.1. The molecule has 0 aromatic heterocycles. The molecule has 0 atom stereocenters. The van der Waals surface area contributed by atoms with Crippen LogP contribution >= 0.6 is 0 Å². The van der Waals surface area contributed by atoms with Crippen molar-refractivity contribution in [3.05, 3.63) is 29.3 Å². The summed E-state index contributed by atoms with van der Waals surface area (Å²) in [6.45, 7) is 5.10. The second-order valence-electron chi connectivity index (χ2n) is 5.82. The molecule has 1 aromatic rings. The second kappa shape index (κ2) is 6.07. The van der Waals surface area contributed by atoms with Gasteiger partial charge in [-0.1, -0.05) is 0 Å². The fourth-order valence-electron chi connectivity index (χ4n) is 1.72. The molecule has 0 spiro atoms. The summed E-state index contributed by atoms with van der Waals surface area (Å²) in [5, 5.41) is 2.67. The van der Waals surface area contributed by atoms with Crippen molar-refractivity contribution in [3.63, 3.8) is 0 Å². The van der Waals surface area contributed by atoms with Gasteiger partial charge in [0.05, 0.1) is 17.8 Å². The van der Waals surface area contributed by atoms with Crippen LogP contribution in [0.3, 0.4) is 0 Å². The Morgan fingerprint density at radius 2 is 1.86 bits per heavy atom. The molecule has 0 saturated heterocycles. The summed E-state index contributed by atoms with van der Waals surface area (Å²) in [4.78, 5) is 24.8. The van der Waals surface area contributed by atoms with Crippen molar-refractivity contribution in [1.29, 1.82) is 0 Å². The second-order valence-corrected chi connectivity index (χ2v) is 5.82. The van der Waals surface area contributed by atoms with E-state index >= 15 is 0 Å². The molecule has 3 N–H and O–H groups in total. The molecule has 0 heterocycles. The zero-order chi connectivity index (χ0) is 16.4. The summed E-state index contributed by atoms with van der Waals surface area (Å²) in [6, 6.07) is 1.55. The lowest BCUT2D eigenvalue weighted by Crippen LogP contribution is -2.46. The van der Waals surface area contributed by atoms with E-state index in [-0.39, 0.29) is 6.54 Å². The molecule has 0 bridgehead atoms. The van der Waals surface area contributed by atoms with Crippen molar-refractivity contribution in [2.24, 2.45) is 0 Å². The first kappa shape index (κ1) is 16.9. The number of carbonyl (C=O) groups excluding carboxylic acids is 2. The SMILES string of the molecule is CN(CC(=O)NC(C)(C)C)C(=O)c1cc(F)cc(N)c1F. The molecule has 2 amide bonds. The Hall–Kier alpha value is -2.18. The predicted octanol–water partition coefficient (Wildman–Crippen LogP) is 1.53. The zero-order valence-electron chi connectivity index (χ0n) is 12.5. The third-order valence-corrected chi connectivity index (χ3v) is 2.54. The Morgan fingerprint density at radius 1 is 1.29 bits per heavy atom. The summed E-state index contributed by atoms with van der Waals surface area (Å²) in [5.74, 6) is -3.03. The van der Waals surface area contributed by atoms with E-state index < -0.39 is 40.2 Å². The molecule has 0 aliphatic carbocycles. The normalized spacial score (nSPS) is 11.1. The average Bonchev–Trinajstić information content (AvgIpc) is 2.30. The van der Waals surface area contributed by atoms with Crippen molar-refractivity contribution in [3.8, 4) is 0 Å². The van der Waals surface area contributed by atoms with E-state index in [1.807, 2.05) is 0 Å². The van der Waals surface area contributed by atoms with Crippen LogP contribution in [-0.2, 0) is 4.79 Å². The molecule has 7 heteroatoms. The topological polar surface area (TPSA) is 75.4 Å². The van der Waals surface area contributed by atoms with Gasteiger partial charge in [0.2, 0.25) is 5.91 Å². The van der Waals surface area contributed by atoms with E-state index in [0.717, 1.165) is 17.0 Å². The number of likely N-dealkylation sites (N-methyl/N-ethyl adjacent to an activating group) is 1. The maximum atomic E-state index is 13.8. The highest BCUT2D eigenvalue weighted by molar-refractivity contribution is 5.97. The van der Waals surface area contributed by atoms with Gasteiger partial charge in [-0.15, -0.1) is 0 Å². The van der Waals surface area contributed by atoms with Crippen LogP contribution in [0.1, 0.15) is 31.1 Å². The molecule has 0 radical (unpaired) electrons. The van der Waals surface area contributed by atoms with E-state index in [2.05, 4.69) is 5.32 Å². The minimum absolute atomic E-state index is 0.272. The Morgan fingerprint density at radius 3 is 2.38 bits per heavy atom. The predicted molar refractivity (Wildman–Crippen MR) is 75.6 cm³/mol. The van der Waals surface area contributed by atoms with Gasteiger partial charge >= 0.3 is 0 Å². The first-order valence-electron chi connectivity index (χ1n) is 6.32. The lowest BCUT2D eigenvalue weighted by molar-refractivity contribution is -0.122. The third kappa shape index (κ3) is 4.70. The van der Waals surface area contributed by atoms with Gasteiger partial charge in [0, 0.05) is 12.6 Å². The quantitative estimate of drug-likeness (QED) is 0.831. The fourth-order valence-corrected chi connectivity index (χ4v) is 1.72. The standard InChI is InChI=1S/C14H19F2N3O2/c1-14(2,3)18-11(20)7-19(4)13(21)9-5-8(15)6-10(17)12(9)16/h5-6H,7,17H2,1-4H3,(H,18,20). The molecular formula is C14H19F2N3O2. The van der Waals surface area contributed by atoms with E-state index in [1.165, 1.54) is 7.05 Å². The Labute approximate surface area is 122 Å². The highest BCUT2D eigenvalue weighted by Crippen LogP contribution is 2.18. The van der Waals surface area contributed by atoms with Gasteiger partial charge in [0.25, 0.3) is 5.91 Å². The molecule has 116 valence electrons. The number of nitrogens with one attached hydrogen (secondary N) is 1. The van der Waals surface area contributed by atoms with Crippen molar-refractivity contribution in [2.45, 2.75) is 26.3 Å². The van der Waals surface area contributed by atoms with Gasteiger partial charge < -0.3 is 16.0 Å². The number of nitrogen functional groups attached to an aromatic ring is 1. The van der Waals surface area contributed by atoms with Crippen molar-refractivity contribution in [1.82, 2.24) is 10.2 Å². The number of hydrogen-bond acceptors (Lipinski definition) is 3. The first-order valence-corrected chi connectivity index (χ1v) is 6.32. The number of nitrogens with zero attached hydrogens (tertiary/aromatic N) is 1. The van der Waals surface area contributed by atoms with Crippen molar-refractivity contribution in [2.75, 3.05) is 19.3 Å². The Bertz CT molecular complexity index is 568. The van der Waals surface area contributed by atoms with Crippen molar-refractivity contribution < 1.29 is 18.4 Å². The number of benzene rings is 1. The Kier molecular flexibility index (Phi) is 4.88. The van der Waals surface area contributed by atoms with Gasteiger partial charge in [-0.3, -0.25) is 9.59 Å². The summed E-state index contributed by atoms with van der Waals surface area (Å²) in [6.07, 6.45) is 0. The fraction of sp³-hybridized carbons (Fsp3) is 0.429. The van der Waals surface area contributed by atoms with E-state index in [1.54, 1.807) is 20.8 Å². The molecule has 5 nitrogen and oxygen atoms in total. The van der Waals surface area contributed by atoms with Crippen LogP contribution in [-0.4, -0.2) is 35.8 Å². The monoisotopic (exact) mass is 299 g/mol. The highest BCUT2D eigenvalue weighted by atomic mass is 19.1. The summed E-state index contributed by atoms with van der Waals surface area (Å²) < 4.78 is 27.0. The van der Waals surface area contributed by atoms with Crippen LogP contribution in [0.15, 0.2) is 12.1 Å². The molecule has 21 heavy (non-hydrogen) atoms. The number of rotatable bonds is 3. The molecule has 1 rings (SSSR count). The molecule has 0 saturated carbocycles. The summed E-state index contributed by atoms with van der Waals surface area (Å²) >= 11 is 0. The van der Waals surface area contributed by atoms with E-state index in [4.69, 9.17) is 5.73 Å². The third-order valence-electron chi connectivity index (χ3n) is 2.54. The Balaban J connectivity index is 2.87. The number of hydrogen-bond donors (Lipinski definition) is 2. The number of nitrogens with two attached hydrogens (primary N) is 1. The van der Waals surface area contributed by atoms with E-state index in [0.29, 0.717) is 0 Å². The molecule has 0 aliphatic rings. The zero-order valence-corrected chi connectivity index (χ0v) is 12.5. The largest absolute Gasteiger partial charge is 0.396 e. The van der Waals surface area contributed by atoms with Crippen LogP contribution < -0.4 is 11.1 Å². The van der Waals surface area contributed by atoms with Gasteiger partial charge in [-0.05, 0) is 32.9 Å². The molecular weight excluding hydrogens is 280 g/mol. The lowest BCUT2D eigenvalue weighted by Gasteiger charge is -2.23. The average molecular weight is 299 g/mol. The van der Waals surface area contributed by atoms with E-state index in [9.17, 15) is 18.4 Å². The van der Waals surface area contributed by atoms with Gasteiger partial charge in [0.1, 0.15) is 5.82 Å². The van der Waals surface area contributed by atoms with Gasteiger partial charge in [-0.25, -0.2) is 8.78 Å². The van der Waals surface area contributed by atoms with Crippen LogP contribution in [0.2, 0.25) is 0 Å². The maximum Gasteiger partial charge on any atom is 0.257 e. The first-order chi connectivity index (χ1) is 9.51. The summed E-state index contributed by atoms with van der Waals surface area (Å²) in [7, 11) is 1.32. The number of carbonyl (C=O) groups is 2. The minimum atomic E-state index is -0.996. The maximum absolute atomic E-state index is 13.8. The van der Waals surface area contributed by atoms with Gasteiger partial charge in [-0.2, -0.15) is 0 Å². The van der Waals surface area contributed by atoms with Crippen LogP contribution in [0, 0.1) is 11.6 Å². The minimum Gasteiger partial charge on any atom is -0.396 e. The van der Waals surface area contributed by atoms with Crippen molar-refractivity contribution >= 4 is 17.5 Å². The molecule has 0 unspecified atom stereocenters. The number of anilines is 1. The molecule has 1 aromatic carbocycles. The van der Waals surface area contributed by atoms with Crippen LogP contribution in [0.25, 0.3) is 0 Å². The molecule has 0 fully saturated rings. The highest BCUT2D eigenvalue weighted by Gasteiger charge is 2.22. The van der Waals surface area contributed by atoms with Crippen LogP contribution in [0.4, 0.5) is 14.5 Å². The number of amides is 2. The molecule has 0 aliphatic heterocycles. The summed E-state index contributed by atoms with van der Waals surface area (Å²) in [5.41, 5.74) is 3.88.